The number of hydrogen-bond donors (Lipinski definition) is 9. The van der Waals surface area contributed by atoms with Gasteiger partial charge in [0.1, 0.15) is 29.6 Å². The average Bonchev–Trinajstić information content (AvgIpc) is 2.89. The van der Waals surface area contributed by atoms with Gasteiger partial charge in [-0.15, -0.1) is 0 Å². The number of aromatic hydroxyl groups is 3. The molecular formula is C27H32FN3O9. The number of phenolic OH excluding ortho intramolecular Hbond substituents is 3. The number of hydrogen-bond acceptors (Lipinski definition) is 9. The van der Waals surface area contributed by atoms with Crippen molar-refractivity contribution in [2.75, 3.05) is 0 Å². The van der Waals surface area contributed by atoms with Gasteiger partial charge in [0.2, 0.25) is 0 Å². The van der Waals surface area contributed by atoms with Gasteiger partial charge < -0.3 is 47.8 Å². The molecule has 0 amide bonds. The lowest BCUT2D eigenvalue weighted by atomic mass is 10.1. The largest absolute Gasteiger partial charge is 0.508 e. The molecule has 3 aromatic carbocycles. The standard InChI is InChI=1S/C9H10FNO3.2C9H11NO3/c10-6-3-5(1-2-8(6)12)4-7(11)9(13)14;2*10-8(9(12)13)5-6-1-3-7(11)4-2-6/h1-3,7,12H,4,11H2,(H,13,14);2*1-4,8,11H,5,10H2,(H,12,13)/t7-;8-;/m01./s1. The molecule has 40 heavy (non-hydrogen) atoms. The van der Waals surface area contributed by atoms with Crippen molar-refractivity contribution >= 4 is 17.9 Å². The summed E-state index contributed by atoms with van der Waals surface area (Å²) < 4.78 is 12.8. The van der Waals surface area contributed by atoms with Crippen molar-refractivity contribution < 1.29 is 49.4 Å². The second-order valence-electron chi connectivity index (χ2n) is 8.57. The van der Waals surface area contributed by atoms with Gasteiger partial charge in [-0.2, -0.15) is 0 Å². The molecular weight excluding hydrogens is 529 g/mol. The Bertz CT molecular complexity index is 1190. The van der Waals surface area contributed by atoms with E-state index in [1.54, 1.807) is 24.3 Å². The van der Waals surface area contributed by atoms with Gasteiger partial charge in [-0.05, 0) is 72.4 Å². The van der Waals surface area contributed by atoms with E-state index in [4.69, 9.17) is 47.8 Å². The van der Waals surface area contributed by atoms with Crippen LogP contribution in [0.25, 0.3) is 0 Å². The molecule has 3 rings (SSSR count). The third-order valence-corrected chi connectivity index (χ3v) is 5.20. The summed E-state index contributed by atoms with van der Waals surface area (Å²) in [6.07, 6.45) is 0.581. The number of carbonyl (C=O) groups is 3. The molecule has 0 saturated heterocycles. The summed E-state index contributed by atoms with van der Waals surface area (Å²) in [7, 11) is 0. The van der Waals surface area contributed by atoms with Gasteiger partial charge in [0.15, 0.2) is 11.6 Å². The fourth-order valence-corrected chi connectivity index (χ4v) is 2.97. The smallest absolute Gasteiger partial charge is 0.320 e. The third-order valence-electron chi connectivity index (χ3n) is 5.20. The van der Waals surface area contributed by atoms with Crippen LogP contribution in [-0.4, -0.2) is 66.7 Å². The first-order valence-corrected chi connectivity index (χ1v) is 11.7. The number of phenols is 3. The van der Waals surface area contributed by atoms with Crippen molar-refractivity contribution in [1.29, 1.82) is 0 Å². The van der Waals surface area contributed by atoms with Gasteiger partial charge >= 0.3 is 17.9 Å². The zero-order valence-electron chi connectivity index (χ0n) is 21.2. The first kappa shape index (κ1) is 33.3. The minimum Gasteiger partial charge on any atom is -0.508 e. The van der Waals surface area contributed by atoms with Crippen molar-refractivity contribution in [3.63, 3.8) is 0 Å². The molecule has 0 saturated carbocycles. The van der Waals surface area contributed by atoms with Gasteiger partial charge in [0.25, 0.3) is 0 Å². The maximum Gasteiger partial charge on any atom is 0.320 e. The van der Waals surface area contributed by atoms with Crippen LogP contribution >= 0.6 is 0 Å². The molecule has 0 aliphatic rings. The highest BCUT2D eigenvalue weighted by molar-refractivity contribution is 5.74. The zero-order valence-corrected chi connectivity index (χ0v) is 21.2. The van der Waals surface area contributed by atoms with Crippen LogP contribution in [0.3, 0.4) is 0 Å². The number of carboxylic acid groups (broad SMARTS) is 3. The summed E-state index contributed by atoms with van der Waals surface area (Å²) in [4.78, 5) is 31.2. The highest BCUT2D eigenvalue weighted by Crippen LogP contribution is 2.17. The van der Waals surface area contributed by atoms with Gasteiger partial charge in [-0.1, -0.05) is 30.3 Å². The molecule has 12 nitrogen and oxygen atoms in total. The maximum atomic E-state index is 12.8. The number of carboxylic acids is 3. The molecule has 3 atom stereocenters. The van der Waals surface area contributed by atoms with Crippen LogP contribution in [0.2, 0.25) is 0 Å². The fourth-order valence-electron chi connectivity index (χ4n) is 2.97. The van der Waals surface area contributed by atoms with E-state index in [0.717, 1.165) is 17.2 Å². The summed E-state index contributed by atoms with van der Waals surface area (Å²) in [6, 6.07) is 13.5. The Labute approximate surface area is 228 Å². The Morgan fingerprint density at radius 1 is 0.575 bits per heavy atom. The summed E-state index contributed by atoms with van der Waals surface area (Å²) >= 11 is 0. The Hall–Kier alpha value is -4.72. The molecule has 0 aliphatic heterocycles. The molecule has 3 aromatic rings. The van der Waals surface area contributed by atoms with Crippen LogP contribution in [0.4, 0.5) is 4.39 Å². The highest BCUT2D eigenvalue weighted by atomic mass is 19.1. The predicted molar refractivity (Wildman–Crippen MR) is 142 cm³/mol. The molecule has 0 aromatic heterocycles. The molecule has 0 spiro atoms. The fraction of sp³-hybridized carbons (Fsp3) is 0.222. The Balaban J connectivity index is 0.000000300. The van der Waals surface area contributed by atoms with Crippen molar-refractivity contribution in [2.24, 2.45) is 17.2 Å². The SMILES string of the molecule is NC(Cc1ccc(O)cc1)C(=O)O.N[C@@H](Cc1ccc(O)c(F)c1)C(=O)O.N[C@H](Cc1ccc(O)cc1)C(=O)O. The van der Waals surface area contributed by atoms with E-state index in [2.05, 4.69) is 0 Å². The quantitative estimate of drug-likeness (QED) is 0.179. The molecule has 1 unspecified atom stereocenters. The molecule has 0 fully saturated rings. The van der Waals surface area contributed by atoms with Gasteiger partial charge in [0.05, 0.1) is 0 Å². The average molecular weight is 562 g/mol. The lowest BCUT2D eigenvalue weighted by Crippen LogP contribution is -2.32. The highest BCUT2D eigenvalue weighted by Gasteiger charge is 2.14. The minimum absolute atomic E-state index is 0.0343. The van der Waals surface area contributed by atoms with E-state index in [1.165, 1.54) is 36.4 Å². The van der Waals surface area contributed by atoms with Crippen LogP contribution in [0.15, 0.2) is 66.7 Å². The van der Waals surface area contributed by atoms with Crippen LogP contribution in [0.5, 0.6) is 17.2 Å². The summed E-state index contributed by atoms with van der Waals surface area (Å²) in [5.74, 6) is -4.10. The Morgan fingerprint density at radius 3 is 1.18 bits per heavy atom. The molecule has 216 valence electrons. The number of nitrogens with two attached hydrogens (primary N) is 3. The van der Waals surface area contributed by atoms with E-state index >= 15 is 0 Å². The van der Waals surface area contributed by atoms with Crippen molar-refractivity contribution in [3.05, 3.63) is 89.2 Å². The number of benzene rings is 3. The van der Waals surface area contributed by atoms with E-state index in [0.29, 0.717) is 5.56 Å². The van der Waals surface area contributed by atoms with Crippen molar-refractivity contribution in [3.8, 4) is 17.2 Å². The van der Waals surface area contributed by atoms with Gasteiger partial charge in [0, 0.05) is 0 Å². The first-order valence-electron chi connectivity index (χ1n) is 11.7. The van der Waals surface area contributed by atoms with E-state index in [-0.39, 0.29) is 30.8 Å². The van der Waals surface area contributed by atoms with Gasteiger partial charge in [-0.3, -0.25) is 14.4 Å². The number of aliphatic carboxylic acids is 3. The second kappa shape index (κ2) is 16.3. The Kier molecular flexibility index (Phi) is 13.6. The topological polar surface area (TPSA) is 251 Å². The third kappa shape index (κ3) is 12.7. The molecule has 0 heterocycles. The summed E-state index contributed by atoms with van der Waals surface area (Å²) in [5.41, 5.74) is 17.9. The van der Waals surface area contributed by atoms with Crippen molar-refractivity contribution in [1.82, 2.24) is 0 Å². The second-order valence-corrected chi connectivity index (χ2v) is 8.57. The van der Waals surface area contributed by atoms with E-state index < -0.39 is 47.6 Å². The normalized spacial score (nSPS) is 12.4. The van der Waals surface area contributed by atoms with Crippen LogP contribution < -0.4 is 17.2 Å². The molecule has 12 N–H and O–H groups in total. The van der Waals surface area contributed by atoms with Crippen LogP contribution in [0, 0.1) is 5.82 Å². The molecule has 0 aliphatic carbocycles. The van der Waals surface area contributed by atoms with E-state index in [1.807, 2.05) is 0 Å². The van der Waals surface area contributed by atoms with Crippen LogP contribution in [0.1, 0.15) is 16.7 Å². The maximum absolute atomic E-state index is 12.8. The molecule has 0 bridgehead atoms. The molecule has 0 radical (unpaired) electrons. The zero-order chi connectivity index (χ0) is 30.4. The minimum atomic E-state index is -1.14. The number of halogens is 1. The van der Waals surface area contributed by atoms with Crippen molar-refractivity contribution in [2.45, 2.75) is 37.4 Å². The summed E-state index contributed by atoms with van der Waals surface area (Å²) in [5, 5.41) is 52.3. The van der Waals surface area contributed by atoms with Gasteiger partial charge in [-0.25, -0.2) is 4.39 Å². The lowest BCUT2D eigenvalue weighted by molar-refractivity contribution is -0.139. The lowest BCUT2D eigenvalue weighted by Gasteiger charge is -2.06. The number of rotatable bonds is 9. The predicted octanol–water partition coefficient (Wildman–Crippen LogP) is 1.18. The van der Waals surface area contributed by atoms with E-state index in [9.17, 15) is 18.8 Å². The molecule has 13 heteroatoms. The van der Waals surface area contributed by atoms with Crippen LogP contribution in [-0.2, 0) is 33.6 Å². The monoisotopic (exact) mass is 561 g/mol. The summed E-state index contributed by atoms with van der Waals surface area (Å²) in [6.45, 7) is 0. The Morgan fingerprint density at radius 2 is 0.875 bits per heavy atom. The first-order chi connectivity index (χ1) is 18.7.